The third-order valence-electron chi connectivity index (χ3n) is 4.45. The number of benzene rings is 1. The van der Waals surface area contributed by atoms with Crippen LogP contribution in [0.5, 0.6) is 0 Å². The monoisotopic (exact) mass is 380 g/mol. The number of amides is 1. The second kappa shape index (κ2) is 7.11. The number of thioether (sulfide) groups is 1. The number of carbonyl (C=O) groups is 1. The zero-order chi connectivity index (χ0) is 18.2. The van der Waals surface area contributed by atoms with Gasteiger partial charge in [0, 0.05) is 18.2 Å². The van der Waals surface area contributed by atoms with Crippen LogP contribution in [0.3, 0.4) is 0 Å². The van der Waals surface area contributed by atoms with E-state index in [-0.39, 0.29) is 34.6 Å². The van der Waals surface area contributed by atoms with Crippen molar-refractivity contribution in [2.45, 2.75) is 45.0 Å². The molecule has 1 aromatic carbocycles. The van der Waals surface area contributed by atoms with Crippen LogP contribution in [0.15, 0.2) is 29.3 Å². The summed E-state index contributed by atoms with van der Waals surface area (Å²) in [4.78, 5) is 18.5. The first-order valence-electron chi connectivity index (χ1n) is 8.54. The summed E-state index contributed by atoms with van der Waals surface area (Å²) in [6.45, 7) is 6.60. The summed E-state index contributed by atoms with van der Waals surface area (Å²) in [7, 11) is -3.01. The van der Waals surface area contributed by atoms with E-state index in [9.17, 15) is 13.2 Å². The summed E-state index contributed by atoms with van der Waals surface area (Å²) >= 11 is 1.45. The second-order valence-corrected chi connectivity index (χ2v) is 10.7. The smallest absolute Gasteiger partial charge is 0.248 e. The van der Waals surface area contributed by atoms with Crippen molar-refractivity contribution in [3.8, 4) is 0 Å². The van der Waals surface area contributed by atoms with Crippen LogP contribution in [0.1, 0.15) is 31.4 Å². The molecule has 0 N–H and O–H groups in total. The van der Waals surface area contributed by atoms with E-state index in [2.05, 4.69) is 4.99 Å². The summed E-state index contributed by atoms with van der Waals surface area (Å²) in [6, 6.07) is 8.08. The predicted octanol–water partition coefficient (Wildman–Crippen LogP) is 2.64. The van der Waals surface area contributed by atoms with Crippen LogP contribution in [-0.4, -0.2) is 47.2 Å². The number of hydrogen-bond donors (Lipinski definition) is 0. The van der Waals surface area contributed by atoms with E-state index >= 15 is 0 Å². The molecule has 0 aliphatic carbocycles. The van der Waals surface area contributed by atoms with Gasteiger partial charge in [0.05, 0.1) is 17.5 Å². The van der Waals surface area contributed by atoms with Crippen molar-refractivity contribution in [2.24, 2.45) is 10.9 Å². The number of hydrogen-bond acceptors (Lipinski definition) is 4. The van der Waals surface area contributed by atoms with Crippen molar-refractivity contribution in [3.63, 3.8) is 0 Å². The molecule has 25 heavy (non-hydrogen) atoms. The quantitative estimate of drug-likeness (QED) is 0.803. The molecule has 0 radical (unpaired) electrons. The van der Waals surface area contributed by atoms with Crippen LogP contribution >= 0.6 is 11.8 Å². The average molecular weight is 381 g/mol. The zero-order valence-corrected chi connectivity index (χ0v) is 16.4. The SMILES string of the molecule is Cc1ccc(CN2C(=NC(=O)CC(C)C)S[C@H]3CS(=O)(=O)C[C@H]32)cc1. The van der Waals surface area contributed by atoms with Gasteiger partial charge in [0.2, 0.25) is 5.91 Å². The van der Waals surface area contributed by atoms with Gasteiger partial charge in [-0.1, -0.05) is 55.4 Å². The zero-order valence-electron chi connectivity index (χ0n) is 14.8. The van der Waals surface area contributed by atoms with E-state index in [1.54, 1.807) is 0 Å². The second-order valence-electron chi connectivity index (χ2n) is 7.30. The van der Waals surface area contributed by atoms with E-state index in [0.29, 0.717) is 18.1 Å². The Hall–Kier alpha value is -1.34. The lowest BCUT2D eigenvalue weighted by Gasteiger charge is -2.24. The van der Waals surface area contributed by atoms with Crippen LogP contribution in [-0.2, 0) is 21.2 Å². The predicted molar refractivity (Wildman–Crippen MR) is 102 cm³/mol. The number of carbonyl (C=O) groups excluding carboxylic acids is 1. The number of sulfone groups is 1. The van der Waals surface area contributed by atoms with Crippen LogP contribution in [0.4, 0.5) is 0 Å². The van der Waals surface area contributed by atoms with Gasteiger partial charge >= 0.3 is 0 Å². The highest BCUT2D eigenvalue weighted by atomic mass is 32.2. The van der Waals surface area contributed by atoms with E-state index in [1.165, 1.54) is 17.3 Å². The van der Waals surface area contributed by atoms with Crippen LogP contribution in [0, 0.1) is 12.8 Å². The molecule has 0 unspecified atom stereocenters. The van der Waals surface area contributed by atoms with Gasteiger partial charge in [-0.15, -0.1) is 0 Å². The van der Waals surface area contributed by atoms with E-state index in [4.69, 9.17) is 0 Å². The number of amidine groups is 1. The summed E-state index contributed by atoms with van der Waals surface area (Å²) in [5, 5.41) is 0.650. The number of aliphatic imine (C=N–C) groups is 1. The lowest BCUT2D eigenvalue weighted by Crippen LogP contribution is -2.37. The van der Waals surface area contributed by atoms with Gasteiger partial charge in [-0.2, -0.15) is 4.99 Å². The van der Waals surface area contributed by atoms with Gasteiger partial charge in [-0.05, 0) is 18.4 Å². The van der Waals surface area contributed by atoms with Gasteiger partial charge in [0.1, 0.15) is 0 Å². The maximum atomic E-state index is 12.2. The molecule has 136 valence electrons. The Bertz CT molecular complexity index is 785. The normalized spacial score (nSPS) is 26.4. The standard InChI is InChI=1S/C18H24N2O3S2/c1-12(2)8-17(21)19-18-20(9-14-6-4-13(3)5-7-14)15-10-25(22,23)11-16(15)24-18/h4-7,12,15-16H,8-11H2,1-3H3/t15-,16+/m1/s1. The molecule has 2 aliphatic heterocycles. The van der Waals surface area contributed by atoms with E-state index < -0.39 is 9.84 Å². The maximum absolute atomic E-state index is 12.2. The Morgan fingerprint density at radius 2 is 1.96 bits per heavy atom. The minimum atomic E-state index is -3.01. The van der Waals surface area contributed by atoms with Crippen molar-refractivity contribution in [2.75, 3.05) is 11.5 Å². The van der Waals surface area contributed by atoms with Gasteiger partial charge in [0.25, 0.3) is 0 Å². The van der Waals surface area contributed by atoms with E-state index in [0.717, 1.165) is 5.56 Å². The van der Waals surface area contributed by atoms with Crippen molar-refractivity contribution in [3.05, 3.63) is 35.4 Å². The molecule has 2 saturated heterocycles. The summed E-state index contributed by atoms with van der Waals surface area (Å²) in [5.41, 5.74) is 2.28. The number of aryl methyl sites for hydroxylation is 1. The van der Waals surface area contributed by atoms with Crippen LogP contribution in [0.25, 0.3) is 0 Å². The Balaban J connectivity index is 1.85. The molecule has 0 saturated carbocycles. The highest BCUT2D eigenvalue weighted by Gasteiger charge is 2.48. The molecule has 7 heteroatoms. The molecule has 1 aromatic rings. The molecule has 1 amide bonds. The van der Waals surface area contributed by atoms with Gasteiger partial charge in [0.15, 0.2) is 15.0 Å². The molecule has 3 rings (SSSR count). The van der Waals surface area contributed by atoms with Crippen molar-refractivity contribution < 1.29 is 13.2 Å². The van der Waals surface area contributed by atoms with Gasteiger partial charge < -0.3 is 4.90 Å². The largest absolute Gasteiger partial charge is 0.342 e. The third-order valence-corrected chi connectivity index (χ3v) is 7.70. The molecule has 2 fully saturated rings. The Morgan fingerprint density at radius 1 is 1.28 bits per heavy atom. The molecule has 5 nitrogen and oxygen atoms in total. The lowest BCUT2D eigenvalue weighted by atomic mass is 10.1. The highest BCUT2D eigenvalue weighted by Crippen LogP contribution is 2.39. The molecular formula is C18H24N2O3S2. The molecular weight excluding hydrogens is 356 g/mol. The summed E-state index contributed by atoms with van der Waals surface area (Å²) < 4.78 is 24.0. The highest BCUT2D eigenvalue weighted by molar-refractivity contribution is 8.15. The fourth-order valence-electron chi connectivity index (χ4n) is 3.21. The van der Waals surface area contributed by atoms with Crippen molar-refractivity contribution in [1.29, 1.82) is 0 Å². The van der Waals surface area contributed by atoms with Gasteiger partial charge in [-0.3, -0.25) is 4.79 Å². The lowest BCUT2D eigenvalue weighted by molar-refractivity contribution is -0.118. The molecule has 0 aromatic heterocycles. The third kappa shape index (κ3) is 4.44. The topological polar surface area (TPSA) is 66.8 Å². The average Bonchev–Trinajstić information content (AvgIpc) is 2.93. The van der Waals surface area contributed by atoms with Crippen LogP contribution < -0.4 is 0 Å². The number of fused-ring (bicyclic) bond motifs is 1. The molecule has 0 bridgehead atoms. The van der Waals surface area contributed by atoms with Crippen molar-refractivity contribution >= 4 is 32.7 Å². The maximum Gasteiger partial charge on any atom is 0.248 e. The summed E-state index contributed by atoms with van der Waals surface area (Å²) in [6.07, 6.45) is 0.413. The minimum Gasteiger partial charge on any atom is -0.342 e. The Kier molecular flexibility index (Phi) is 5.25. The first-order chi connectivity index (χ1) is 11.7. The fourth-order valence-corrected chi connectivity index (χ4v) is 7.18. The minimum absolute atomic E-state index is 0.0268. The fraction of sp³-hybridized carbons (Fsp3) is 0.556. The summed E-state index contributed by atoms with van der Waals surface area (Å²) in [5.74, 6) is 0.445. The van der Waals surface area contributed by atoms with Crippen LogP contribution in [0.2, 0.25) is 0 Å². The molecule has 2 aliphatic rings. The number of nitrogens with zero attached hydrogens (tertiary/aromatic N) is 2. The molecule has 0 spiro atoms. The Labute approximate surface area is 153 Å². The van der Waals surface area contributed by atoms with Crippen molar-refractivity contribution in [1.82, 2.24) is 4.90 Å². The first kappa shape index (κ1) is 18.5. The first-order valence-corrected chi connectivity index (χ1v) is 11.2. The Morgan fingerprint density at radius 3 is 2.60 bits per heavy atom. The van der Waals surface area contributed by atoms with Gasteiger partial charge in [-0.25, -0.2) is 8.42 Å². The van der Waals surface area contributed by atoms with E-state index in [1.807, 2.05) is 49.9 Å². The number of rotatable bonds is 4. The molecule has 2 heterocycles. The molecule has 2 atom stereocenters.